The van der Waals surface area contributed by atoms with Gasteiger partial charge in [-0.2, -0.15) is 0 Å². The molecule has 0 bridgehead atoms. The summed E-state index contributed by atoms with van der Waals surface area (Å²) < 4.78 is 0. The van der Waals surface area contributed by atoms with E-state index in [1.54, 1.807) is 0 Å². The van der Waals surface area contributed by atoms with Crippen molar-refractivity contribution in [2.24, 2.45) is 0 Å². The molecule has 10 aromatic rings. The summed E-state index contributed by atoms with van der Waals surface area (Å²) in [5.74, 6) is 0. The average Bonchev–Trinajstić information content (AvgIpc) is 3.44. The van der Waals surface area contributed by atoms with E-state index in [1.165, 1.54) is 109 Å². The summed E-state index contributed by atoms with van der Waals surface area (Å²) in [7, 11) is 0. The Balaban J connectivity index is 1.02. The third-order valence-corrected chi connectivity index (χ3v) is 12.0. The minimum absolute atomic E-state index is 0.124. The van der Waals surface area contributed by atoms with Gasteiger partial charge >= 0.3 is 0 Å². The van der Waals surface area contributed by atoms with Crippen LogP contribution in [0.4, 0.5) is 0 Å². The van der Waals surface area contributed by atoms with Gasteiger partial charge in [-0.05, 0) is 134 Å². The Hall–Kier alpha value is -6.50. The normalized spacial score (nSPS) is 13.2. The van der Waals surface area contributed by atoms with Crippen molar-refractivity contribution in [1.29, 1.82) is 0 Å². The van der Waals surface area contributed by atoms with Gasteiger partial charge in [0.15, 0.2) is 0 Å². The Labute approximate surface area is 309 Å². The Bertz CT molecular complexity index is 3100. The van der Waals surface area contributed by atoms with Gasteiger partial charge in [-0.1, -0.05) is 172 Å². The first-order chi connectivity index (χ1) is 26.0. The zero-order valence-electron chi connectivity index (χ0n) is 29.8. The summed E-state index contributed by atoms with van der Waals surface area (Å²) in [6, 6.07) is 68.0. The van der Waals surface area contributed by atoms with E-state index in [9.17, 15) is 0 Å². The number of hydrogen-bond acceptors (Lipinski definition) is 0. The summed E-state index contributed by atoms with van der Waals surface area (Å²) in [6.07, 6.45) is 0. The second-order valence-corrected chi connectivity index (χ2v) is 15.3. The number of fused-ring (bicyclic) bond motifs is 11. The maximum absolute atomic E-state index is 2.46. The Morgan fingerprint density at radius 2 is 0.660 bits per heavy atom. The van der Waals surface area contributed by atoms with Crippen molar-refractivity contribution in [2.75, 3.05) is 0 Å². The van der Waals surface area contributed by atoms with E-state index in [-0.39, 0.29) is 5.41 Å². The van der Waals surface area contributed by atoms with Crippen LogP contribution in [0.3, 0.4) is 0 Å². The van der Waals surface area contributed by atoms with Gasteiger partial charge in [0.1, 0.15) is 0 Å². The van der Waals surface area contributed by atoms with Crippen LogP contribution in [0.5, 0.6) is 0 Å². The van der Waals surface area contributed by atoms with Crippen molar-refractivity contribution in [3.63, 3.8) is 0 Å². The molecule has 0 amide bonds. The van der Waals surface area contributed by atoms with Crippen LogP contribution in [0, 0.1) is 0 Å². The molecule has 0 radical (unpaired) electrons. The number of benzene rings is 10. The largest absolute Gasteiger partial charge is 0.0616 e. The van der Waals surface area contributed by atoms with Crippen LogP contribution < -0.4 is 0 Å². The molecule has 11 rings (SSSR count). The maximum atomic E-state index is 2.46. The molecule has 0 heteroatoms. The molecule has 0 heterocycles. The van der Waals surface area contributed by atoms with Crippen LogP contribution in [0.2, 0.25) is 0 Å². The number of hydrogen-bond donors (Lipinski definition) is 0. The molecular weight excluding hydrogens is 637 g/mol. The lowest BCUT2D eigenvalue weighted by molar-refractivity contribution is 0.661. The molecule has 0 saturated heterocycles. The molecule has 53 heavy (non-hydrogen) atoms. The molecule has 0 N–H and O–H groups in total. The van der Waals surface area contributed by atoms with Gasteiger partial charge in [-0.25, -0.2) is 0 Å². The lowest BCUT2D eigenvalue weighted by Gasteiger charge is -2.23. The lowest BCUT2D eigenvalue weighted by atomic mass is 9.80. The van der Waals surface area contributed by atoms with Crippen molar-refractivity contribution < 1.29 is 0 Å². The Morgan fingerprint density at radius 3 is 1.28 bits per heavy atom. The summed E-state index contributed by atoms with van der Waals surface area (Å²) in [6.45, 7) is 4.78. The van der Waals surface area contributed by atoms with E-state index in [4.69, 9.17) is 0 Å². The highest BCUT2D eigenvalue weighted by Gasteiger charge is 2.36. The molecule has 0 fully saturated rings. The molecule has 0 saturated carbocycles. The van der Waals surface area contributed by atoms with Crippen LogP contribution in [0.25, 0.3) is 98.4 Å². The van der Waals surface area contributed by atoms with E-state index < -0.39 is 0 Å². The van der Waals surface area contributed by atoms with Gasteiger partial charge in [0.05, 0.1) is 0 Å². The van der Waals surface area contributed by atoms with Crippen molar-refractivity contribution in [1.82, 2.24) is 0 Å². The summed E-state index contributed by atoms with van der Waals surface area (Å²) in [5, 5.41) is 12.9. The molecular formula is C53H36. The van der Waals surface area contributed by atoms with Gasteiger partial charge in [0.25, 0.3) is 0 Å². The van der Waals surface area contributed by atoms with Crippen LogP contribution in [0.1, 0.15) is 25.0 Å². The fourth-order valence-corrected chi connectivity index (χ4v) is 9.33. The minimum atomic E-state index is -0.124. The van der Waals surface area contributed by atoms with Crippen LogP contribution in [-0.4, -0.2) is 0 Å². The van der Waals surface area contributed by atoms with Gasteiger partial charge in [-0.3, -0.25) is 0 Å². The first-order valence-electron chi connectivity index (χ1n) is 18.7. The molecule has 0 aromatic heterocycles. The predicted molar refractivity (Wildman–Crippen MR) is 228 cm³/mol. The SMILES string of the molecule is CC1(C)c2cc(-c3ccc4ccccc4c3)ccc2-c2ccc(-c3ccc(-c4ccc5c6ccccc6c6ccccc6c5c4)c4ccccc34)cc21. The van der Waals surface area contributed by atoms with Gasteiger partial charge in [0, 0.05) is 5.41 Å². The fourth-order valence-electron chi connectivity index (χ4n) is 9.33. The molecule has 0 spiro atoms. The van der Waals surface area contributed by atoms with E-state index in [1.807, 2.05) is 0 Å². The van der Waals surface area contributed by atoms with Crippen LogP contribution in [0.15, 0.2) is 182 Å². The molecule has 0 nitrogen and oxygen atoms in total. The third-order valence-electron chi connectivity index (χ3n) is 12.0. The first-order valence-corrected chi connectivity index (χ1v) is 18.7. The van der Waals surface area contributed by atoms with Crippen molar-refractivity contribution in [3.05, 3.63) is 193 Å². The smallest absolute Gasteiger partial charge is 0.0159 e. The first kappa shape index (κ1) is 30.2. The van der Waals surface area contributed by atoms with E-state index in [2.05, 4.69) is 196 Å². The summed E-state index contributed by atoms with van der Waals surface area (Å²) in [5.41, 5.74) is 12.9. The highest BCUT2D eigenvalue weighted by Crippen LogP contribution is 2.51. The van der Waals surface area contributed by atoms with Crippen molar-refractivity contribution in [3.8, 4) is 44.5 Å². The molecule has 1 aliphatic carbocycles. The summed E-state index contributed by atoms with van der Waals surface area (Å²) in [4.78, 5) is 0. The van der Waals surface area contributed by atoms with E-state index in [0.29, 0.717) is 0 Å². The molecule has 1 aliphatic rings. The second-order valence-electron chi connectivity index (χ2n) is 15.3. The fraction of sp³-hybridized carbons (Fsp3) is 0.0566. The van der Waals surface area contributed by atoms with Crippen LogP contribution in [-0.2, 0) is 5.41 Å². The van der Waals surface area contributed by atoms with Gasteiger partial charge < -0.3 is 0 Å². The topological polar surface area (TPSA) is 0 Å². The van der Waals surface area contributed by atoms with Crippen LogP contribution >= 0.6 is 0 Å². The molecule has 0 atom stereocenters. The number of rotatable bonds is 3. The lowest BCUT2D eigenvalue weighted by Crippen LogP contribution is -2.15. The van der Waals surface area contributed by atoms with Gasteiger partial charge in [-0.15, -0.1) is 0 Å². The minimum Gasteiger partial charge on any atom is -0.0616 e. The van der Waals surface area contributed by atoms with E-state index in [0.717, 1.165) is 0 Å². The van der Waals surface area contributed by atoms with Crippen molar-refractivity contribution >= 4 is 53.9 Å². The quantitative estimate of drug-likeness (QED) is 0.164. The van der Waals surface area contributed by atoms with Gasteiger partial charge in [0.2, 0.25) is 0 Å². The van der Waals surface area contributed by atoms with E-state index >= 15 is 0 Å². The van der Waals surface area contributed by atoms with Crippen molar-refractivity contribution in [2.45, 2.75) is 19.3 Å². The summed E-state index contributed by atoms with van der Waals surface area (Å²) >= 11 is 0. The maximum Gasteiger partial charge on any atom is 0.0159 e. The standard InChI is InChI=1S/C53H36/c1-53(2)51-31-36(35-20-19-33-11-3-4-12-34(33)29-35)21-25-48(51)49-26-23-38(32-52(49)53)40-28-27-39(41-13-5-6-14-42(40)41)37-22-24-47-45-17-8-7-15-43(45)44-16-9-10-18-46(44)50(47)30-37/h3-32H,1-2H3. The highest BCUT2D eigenvalue weighted by atomic mass is 14.4. The molecule has 0 aliphatic heterocycles. The average molecular weight is 673 g/mol. The Morgan fingerprint density at radius 1 is 0.264 bits per heavy atom. The molecule has 0 unspecified atom stereocenters. The second kappa shape index (κ2) is 11.2. The zero-order valence-corrected chi connectivity index (χ0v) is 29.8. The third kappa shape index (κ3) is 4.49. The highest BCUT2D eigenvalue weighted by molar-refractivity contribution is 6.26. The zero-order chi connectivity index (χ0) is 35.3. The molecule has 248 valence electrons. The predicted octanol–water partition coefficient (Wildman–Crippen LogP) is 14.8. The Kier molecular flexibility index (Phi) is 6.40. The monoisotopic (exact) mass is 672 g/mol. The molecule has 10 aromatic carbocycles.